The summed E-state index contributed by atoms with van der Waals surface area (Å²) in [7, 11) is 15.1. The fraction of sp³-hybridized carbons (Fsp3) is 0.676. The molecule has 0 aromatic heterocycles. The molecule has 322 valence electrons. The number of carbonyl (C=O) groups is 11. The summed E-state index contributed by atoms with van der Waals surface area (Å²) in [5.74, 6) is -5.85. The van der Waals surface area contributed by atoms with Crippen molar-refractivity contribution in [1.29, 1.82) is 0 Å². The number of likely N-dealkylation sites (N-methyl/N-ethyl adjacent to an activating group) is 11. The fourth-order valence-corrected chi connectivity index (χ4v) is 4.40. The summed E-state index contributed by atoms with van der Waals surface area (Å²) in [5.41, 5.74) is 5.36. The first-order valence-electron chi connectivity index (χ1n) is 17.7. The molecule has 0 aromatic rings. The van der Waals surface area contributed by atoms with Crippen molar-refractivity contribution in [2.45, 2.75) is 6.42 Å². The molecule has 0 spiro atoms. The maximum Gasteiger partial charge on any atom is 0.242 e. The molecule has 0 saturated carbocycles. The number of hydrogen-bond acceptors (Lipinski definition) is 12. The van der Waals surface area contributed by atoms with Crippen LogP contribution in [0.3, 0.4) is 0 Å². The van der Waals surface area contributed by atoms with Crippen LogP contribution in [0, 0.1) is 0 Å². The van der Waals surface area contributed by atoms with Crippen LogP contribution in [0.2, 0.25) is 0 Å². The van der Waals surface area contributed by atoms with Crippen molar-refractivity contribution in [3.05, 3.63) is 0 Å². The molecule has 0 bridgehead atoms. The molecule has 0 aliphatic rings. The summed E-state index contributed by atoms with van der Waals surface area (Å²) < 4.78 is 0. The van der Waals surface area contributed by atoms with Gasteiger partial charge in [-0.05, 0) is 0 Å². The van der Waals surface area contributed by atoms with Crippen LogP contribution in [0.25, 0.3) is 0 Å². The number of hydrogen-bond donors (Lipinski definition) is 2. The number of carbonyl (C=O) groups excluding carboxylic acids is 11. The lowest BCUT2D eigenvalue weighted by Gasteiger charge is -2.27. The second-order valence-electron chi connectivity index (χ2n) is 13.7. The highest BCUT2D eigenvalue weighted by molar-refractivity contribution is 5.94. The minimum atomic E-state index is -0.617. The molecule has 0 radical (unpaired) electrons. The average Bonchev–Trinajstić information content (AvgIpc) is 3.13. The number of amides is 11. The average molecular weight is 813 g/mol. The molecular weight excluding hydrogens is 752 g/mol. The minimum Gasteiger partial charge on any atom is -0.358 e. The standard InChI is InChI=1S/C34H60N12O11/c1-36-24(47)14-37(2)26(49)16-39(4)28(51)18-41(6)30(53)20-43(8)32(55)22-45(10)34(57)23-46(11)33(56)21-44(9)31(54)19-42(7)29(52)17-40(5)27(50)15-38(3)25(48)12-13-35/h12-23,35H2,1-11H3,(H,36,47). The van der Waals surface area contributed by atoms with Crippen LogP contribution in [-0.4, -0.2) is 263 Å². The van der Waals surface area contributed by atoms with Crippen molar-refractivity contribution >= 4 is 65.0 Å². The minimum absolute atomic E-state index is 0.0718. The zero-order valence-corrected chi connectivity index (χ0v) is 35.0. The van der Waals surface area contributed by atoms with Gasteiger partial charge in [-0.25, -0.2) is 0 Å². The van der Waals surface area contributed by atoms with E-state index < -0.39 is 92.4 Å². The first-order chi connectivity index (χ1) is 26.4. The second-order valence-corrected chi connectivity index (χ2v) is 13.7. The van der Waals surface area contributed by atoms with Gasteiger partial charge in [0, 0.05) is 90.5 Å². The Kier molecular flexibility index (Phi) is 22.1. The summed E-state index contributed by atoms with van der Waals surface area (Å²) >= 11 is 0. The van der Waals surface area contributed by atoms with Gasteiger partial charge < -0.3 is 60.0 Å². The second kappa shape index (κ2) is 24.6. The summed E-state index contributed by atoms with van der Waals surface area (Å²) in [5, 5.41) is 2.39. The van der Waals surface area contributed by atoms with Gasteiger partial charge in [-0.3, -0.25) is 52.7 Å². The third-order valence-corrected chi connectivity index (χ3v) is 8.63. The Morgan fingerprint density at radius 2 is 0.474 bits per heavy atom. The molecule has 0 rings (SSSR count). The van der Waals surface area contributed by atoms with Crippen molar-refractivity contribution < 1.29 is 52.7 Å². The summed E-state index contributed by atoms with van der Waals surface area (Å²) in [6.07, 6.45) is 0.0718. The van der Waals surface area contributed by atoms with E-state index in [-0.39, 0.29) is 51.0 Å². The van der Waals surface area contributed by atoms with E-state index in [2.05, 4.69) is 5.32 Å². The van der Waals surface area contributed by atoms with Gasteiger partial charge in [0.2, 0.25) is 65.0 Å². The highest BCUT2D eigenvalue weighted by Crippen LogP contribution is 2.01. The van der Waals surface area contributed by atoms with E-state index in [1.54, 1.807) is 0 Å². The van der Waals surface area contributed by atoms with Crippen LogP contribution in [0.5, 0.6) is 0 Å². The Balaban J connectivity index is 4.88. The van der Waals surface area contributed by atoms with Gasteiger partial charge >= 0.3 is 0 Å². The zero-order valence-electron chi connectivity index (χ0n) is 35.0. The van der Waals surface area contributed by atoms with Crippen molar-refractivity contribution in [2.75, 3.05) is 150 Å². The molecule has 0 unspecified atom stereocenters. The Labute approximate surface area is 333 Å². The zero-order chi connectivity index (χ0) is 44.3. The van der Waals surface area contributed by atoms with E-state index in [4.69, 9.17) is 5.73 Å². The van der Waals surface area contributed by atoms with Crippen LogP contribution in [0.1, 0.15) is 6.42 Å². The van der Waals surface area contributed by atoms with Crippen LogP contribution in [0.4, 0.5) is 0 Å². The summed E-state index contributed by atoms with van der Waals surface area (Å²) in [6.45, 7) is -3.55. The number of nitrogens with zero attached hydrogens (tertiary/aromatic N) is 10. The predicted molar refractivity (Wildman–Crippen MR) is 204 cm³/mol. The number of nitrogens with one attached hydrogen (secondary N) is 1. The molecule has 3 N–H and O–H groups in total. The lowest BCUT2D eigenvalue weighted by atomic mass is 10.3. The lowest BCUT2D eigenvalue weighted by Crippen LogP contribution is -2.49. The monoisotopic (exact) mass is 812 g/mol. The van der Waals surface area contributed by atoms with Crippen LogP contribution < -0.4 is 11.1 Å². The Morgan fingerprint density at radius 1 is 0.316 bits per heavy atom. The number of rotatable bonds is 22. The van der Waals surface area contributed by atoms with Gasteiger partial charge in [0.25, 0.3) is 0 Å². The third kappa shape index (κ3) is 18.5. The highest BCUT2D eigenvalue weighted by Gasteiger charge is 2.26. The molecule has 23 nitrogen and oxygen atoms in total. The van der Waals surface area contributed by atoms with E-state index in [1.807, 2.05) is 0 Å². The molecule has 11 amide bonds. The van der Waals surface area contributed by atoms with Crippen molar-refractivity contribution in [2.24, 2.45) is 5.73 Å². The largest absolute Gasteiger partial charge is 0.358 e. The van der Waals surface area contributed by atoms with Gasteiger partial charge in [-0.2, -0.15) is 0 Å². The maximum absolute atomic E-state index is 12.8. The highest BCUT2D eigenvalue weighted by atomic mass is 16.2. The predicted octanol–water partition coefficient (Wildman–Crippen LogP) is -6.33. The molecular formula is C34H60N12O11. The first kappa shape index (κ1) is 51.1. The van der Waals surface area contributed by atoms with E-state index in [1.165, 1.54) is 82.4 Å². The quantitative estimate of drug-likeness (QED) is 0.104. The molecule has 0 fully saturated rings. The molecule has 0 saturated heterocycles. The van der Waals surface area contributed by atoms with E-state index >= 15 is 0 Å². The van der Waals surface area contributed by atoms with Crippen LogP contribution in [0.15, 0.2) is 0 Å². The topological polar surface area (TPSA) is 258 Å². The van der Waals surface area contributed by atoms with Crippen LogP contribution in [-0.2, 0) is 52.7 Å². The Bertz CT molecular complexity index is 1510. The maximum atomic E-state index is 12.8. The van der Waals surface area contributed by atoms with Gasteiger partial charge in [-0.15, -0.1) is 0 Å². The molecule has 57 heavy (non-hydrogen) atoms. The van der Waals surface area contributed by atoms with Gasteiger partial charge in [-0.1, -0.05) is 0 Å². The summed E-state index contributed by atoms with van der Waals surface area (Å²) in [6, 6.07) is 0. The normalized spacial score (nSPS) is 10.3. The van der Waals surface area contributed by atoms with Gasteiger partial charge in [0.1, 0.15) is 0 Å². The Morgan fingerprint density at radius 3 is 0.632 bits per heavy atom. The number of nitrogens with two attached hydrogens (primary N) is 1. The lowest BCUT2D eigenvalue weighted by molar-refractivity contribution is -0.146. The molecule has 23 heteroatoms. The van der Waals surface area contributed by atoms with Crippen molar-refractivity contribution in [3.8, 4) is 0 Å². The molecule has 0 aliphatic carbocycles. The van der Waals surface area contributed by atoms with E-state index in [0.717, 1.165) is 44.1 Å². The summed E-state index contributed by atoms with van der Waals surface area (Å²) in [4.78, 5) is 148. The van der Waals surface area contributed by atoms with E-state index in [0.29, 0.717) is 0 Å². The molecule has 0 atom stereocenters. The van der Waals surface area contributed by atoms with Crippen molar-refractivity contribution in [1.82, 2.24) is 54.3 Å². The van der Waals surface area contributed by atoms with Crippen LogP contribution >= 0.6 is 0 Å². The molecule has 0 aliphatic heterocycles. The molecule has 0 heterocycles. The van der Waals surface area contributed by atoms with Gasteiger partial charge in [0.05, 0.1) is 65.4 Å². The SMILES string of the molecule is CNC(=O)CN(C)C(=O)CN(C)C(=O)CN(C)C(=O)CN(C)C(=O)CN(C)C(=O)CN(C)C(=O)CN(C)C(=O)CN(C)C(=O)CN(C)C(=O)CN(C)C(=O)CCN. The fourth-order valence-electron chi connectivity index (χ4n) is 4.40. The first-order valence-corrected chi connectivity index (χ1v) is 17.7. The Hall–Kier alpha value is -5.87. The van der Waals surface area contributed by atoms with Crippen molar-refractivity contribution in [3.63, 3.8) is 0 Å². The van der Waals surface area contributed by atoms with E-state index in [9.17, 15) is 52.7 Å². The molecule has 0 aromatic carbocycles. The van der Waals surface area contributed by atoms with Gasteiger partial charge in [0.15, 0.2) is 0 Å². The smallest absolute Gasteiger partial charge is 0.242 e. The third-order valence-electron chi connectivity index (χ3n) is 8.63.